The molecule has 0 spiro atoms. The predicted molar refractivity (Wildman–Crippen MR) is 64.3 cm³/mol. The maximum Gasteiger partial charge on any atom is 0.0356 e. The molecule has 0 radical (unpaired) electrons. The van der Waals surface area contributed by atoms with Crippen molar-refractivity contribution >= 4 is 22.0 Å². The van der Waals surface area contributed by atoms with Crippen molar-refractivity contribution in [2.75, 3.05) is 7.05 Å². The molecule has 0 aliphatic heterocycles. The second-order valence-corrected chi connectivity index (χ2v) is 4.70. The first-order chi connectivity index (χ1) is 7.68. The third kappa shape index (κ3) is 2.29. The van der Waals surface area contributed by atoms with Gasteiger partial charge in [-0.05, 0) is 23.4 Å². The maximum atomic E-state index is 10.8. The predicted octanol–water partition coefficient (Wildman–Crippen LogP) is 2.07. The van der Waals surface area contributed by atoms with Gasteiger partial charge in [-0.1, -0.05) is 42.5 Å². The molecule has 0 fully saturated rings. The quantitative estimate of drug-likeness (QED) is 0.763. The van der Waals surface area contributed by atoms with Gasteiger partial charge in [0.15, 0.2) is 0 Å². The summed E-state index contributed by atoms with van der Waals surface area (Å²) in [5.41, 5.74) is 1.02. The zero-order valence-electron chi connectivity index (χ0n) is 8.92. The van der Waals surface area contributed by atoms with E-state index >= 15 is 0 Å². The number of benzene rings is 2. The Kier molecular flexibility index (Phi) is 3.33. The van der Waals surface area contributed by atoms with Crippen LogP contribution < -0.4 is 0 Å². The van der Waals surface area contributed by atoms with Crippen molar-refractivity contribution in [1.29, 1.82) is 0 Å². The van der Waals surface area contributed by atoms with Crippen molar-refractivity contribution in [2.24, 2.45) is 0 Å². The number of hydrogen-bond acceptors (Lipinski definition) is 2. The molecule has 0 heterocycles. The summed E-state index contributed by atoms with van der Waals surface area (Å²) in [5, 5.41) is 2.23. The molecule has 1 atom stereocenters. The zero-order valence-corrected chi connectivity index (χ0v) is 9.74. The summed E-state index contributed by atoms with van der Waals surface area (Å²) in [6.07, 6.45) is 0. The Balaban J connectivity index is 2.41. The molecular formula is C12H12NO2S-. The molecule has 1 unspecified atom stereocenters. The Bertz CT molecular complexity index is 522. The number of nitrogens with zero attached hydrogens (tertiary/aromatic N) is 1. The lowest BCUT2D eigenvalue weighted by atomic mass is 10.0. The van der Waals surface area contributed by atoms with Gasteiger partial charge in [-0.15, -0.1) is 0 Å². The average molecular weight is 234 g/mol. The third-order valence-electron chi connectivity index (χ3n) is 2.53. The fourth-order valence-electron chi connectivity index (χ4n) is 1.72. The molecule has 2 aromatic carbocycles. The zero-order chi connectivity index (χ0) is 11.5. The molecule has 0 aliphatic rings. The Morgan fingerprint density at radius 2 is 1.88 bits per heavy atom. The molecule has 16 heavy (non-hydrogen) atoms. The first-order valence-corrected chi connectivity index (χ1v) is 5.99. The highest BCUT2D eigenvalue weighted by Crippen LogP contribution is 2.19. The number of hydrogen-bond donors (Lipinski definition) is 0. The van der Waals surface area contributed by atoms with Gasteiger partial charge < -0.3 is 4.55 Å². The minimum Gasteiger partial charge on any atom is -0.760 e. The van der Waals surface area contributed by atoms with Crippen LogP contribution in [0.5, 0.6) is 0 Å². The SMILES string of the molecule is CN(Cc1cccc2ccccc12)S(=O)[O-]. The second kappa shape index (κ2) is 4.74. The molecule has 0 aromatic heterocycles. The van der Waals surface area contributed by atoms with Crippen LogP contribution in [-0.2, 0) is 17.8 Å². The Morgan fingerprint density at radius 1 is 1.19 bits per heavy atom. The number of fused-ring (bicyclic) bond motifs is 1. The lowest BCUT2D eigenvalue weighted by Crippen LogP contribution is -2.20. The van der Waals surface area contributed by atoms with Crippen LogP contribution in [0.25, 0.3) is 10.8 Å². The highest BCUT2D eigenvalue weighted by Gasteiger charge is 2.03. The molecule has 2 rings (SSSR count). The van der Waals surface area contributed by atoms with E-state index in [4.69, 9.17) is 0 Å². The van der Waals surface area contributed by atoms with Gasteiger partial charge in [0.1, 0.15) is 0 Å². The molecule has 0 saturated carbocycles. The van der Waals surface area contributed by atoms with Crippen molar-refractivity contribution < 1.29 is 8.76 Å². The lowest BCUT2D eigenvalue weighted by Gasteiger charge is -2.19. The maximum absolute atomic E-state index is 10.8. The van der Waals surface area contributed by atoms with E-state index in [0.717, 1.165) is 16.3 Å². The minimum atomic E-state index is -2.17. The highest BCUT2D eigenvalue weighted by molar-refractivity contribution is 7.76. The first-order valence-electron chi connectivity index (χ1n) is 4.95. The van der Waals surface area contributed by atoms with E-state index in [1.54, 1.807) is 7.05 Å². The van der Waals surface area contributed by atoms with Crippen molar-refractivity contribution in [1.82, 2.24) is 4.31 Å². The fraction of sp³-hybridized carbons (Fsp3) is 0.167. The van der Waals surface area contributed by atoms with Crippen molar-refractivity contribution in [3.8, 4) is 0 Å². The van der Waals surface area contributed by atoms with Crippen molar-refractivity contribution in [3.05, 3.63) is 48.0 Å². The summed E-state index contributed by atoms with van der Waals surface area (Å²) < 4.78 is 22.8. The van der Waals surface area contributed by atoms with Crippen LogP contribution in [-0.4, -0.2) is 20.1 Å². The van der Waals surface area contributed by atoms with Gasteiger partial charge in [0.05, 0.1) is 0 Å². The van der Waals surface area contributed by atoms with Crippen LogP contribution in [0.3, 0.4) is 0 Å². The van der Waals surface area contributed by atoms with Crippen LogP contribution in [0, 0.1) is 0 Å². The van der Waals surface area contributed by atoms with E-state index in [1.807, 2.05) is 42.5 Å². The monoisotopic (exact) mass is 234 g/mol. The standard InChI is InChI=1S/C12H13NO2S/c1-13(16(14)15)9-11-7-4-6-10-5-2-3-8-12(10)11/h2-8H,9H2,1H3,(H,14,15)/p-1. The summed E-state index contributed by atoms with van der Waals surface area (Å²) in [7, 11) is 1.56. The Morgan fingerprint density at radius 3 is 2.62 bits per heavy atom. The van der Waals surface area contributed by atoms with Crippen LogP contribution in [0.15, 0.2) is 42.5 Å². The molecule has 0 N–H and O–H groups in total. The van der Waals surface area contributed by atoms with E-state index in [9.17, 15) is 8.76 Å². The highest BCUT2D eigenvalue weighted by atomic mass is 32.2. The second-order valence-electron chi connectivity index (χ2n) is 3.64. The van der Waals surface area contributed by atoms with Crippen LogP contribution in [0.1, 0.15) is 5.56 Å². The van der Waals surface area contributed by atoms with Crippen molar-refractivity contribution in [3.63, 3.8) is 0 Å². The summed E-state index contributed by atoms with van der Waals surface area (Å²) in [5.74, 6) is 0. The van der Waals surface area contributed by atoms with E-state index in [2.05, 4.69) is 0 Å². The largest absolute Gasteiger partial charge is 0.760 e. The van der Waals surface area contributed by atoms with E-state index in [-0.39, 0.29) is 0 Å². The minimum absolute atomic E-state index is 0.400. The molecule has 0 bridgehead atoms. The van der Waals surface area contributed by atoms with Gasteiger partial charge in [-0.2, -0.15) is 0 Å². The average Bonchev–Trinajstić information content (AvgIpc) is 2.29. The summed E-state index contributed by atoms with van der Waals surface area (Å²) in [6, 6.07) is 13.9. The molecule has 4 heteroatoms. The molecule has 2 aromatic rings. The normalized spacial score (nSPS) is 13.2. The topological polar surface area (TPSA) is 43.4 Å². The Hall–Kier alpha value is -1.23. The molecule has 3 nitrogen and oxygen atoms in total. The van der Waals surface area contributed by atoms with E-state index in [0.29, 0.717) is 6.54 Å². The summed E-state index contributed by atoms with van der Waals surface area (Å²) >= 11 is -2.17. The van der Waals surface area contributed by atoms with Gasteiger partial charge in [0.2, 0.25) is 0 Å². The van der Waals surface area contributed by atoms with Crippen LogP contribution in [0.4, 0.5) is 0 Å². The molecule has 0 aliphatic carbocycles. The lowest BCUT2D eigenvalue weighted by molar-refractivity contribution is 0.431. The van der Waals surface area contributed by atoms with Gasteiger partial charge in [-0.25, -0.2) is 4.31 Å². The fourth-order valence-corrected chi connectivity index (χ4v) is 1.97. The van der Waals surface area contributed by atoms with Crippen LogP contribution >= 0.6 is 0 Å². The first kappa shape index (κ1) is 11.3. The van der Waals surface area contributed by atoms with Gasteiger partial charge in [-0.3, -0.25) is 4.21 Å². The van der Waals surface area contributed by atoms with Crippen molar-refractivity contribution in [2.45, 2.75) is 6.54 Å². The molecule has 0 amide bonds. The van der Waals surface area contributed by atoms with Gasteiger partial charge >= 0.3 is 0 Å². The molecule has 0 saturated heterocycles. The molecule has 84 valence electrons. The molecular weight excluding hydrogens is 222 g/mol. The van der Waals surface area contributed by atoms with E-state index in [1.165, 1.54) is 4.31 Å². The smallest absolute Gasteiger partial charge is 0.0356 e. The Labute approximate surface area is 97.1 Å². The number of rotatable bonds is 3. The van der Waals surface area contributed by atoms with E-state index < -0.39 is 11.3 Å². The third-order valence-corrected chi connectivity index (χ3v) is 3.17. The summed E-state index contributed by atoms with van der Waals surface area (Å²) in [6.45, 7) is 0.400. The summed E-state index contributed by atoms with van der Waals surface area (Å²) in [4.78, 5) is 0. The van der Waals surface area contributed by atoms with Gasteiger partial charge in [0, 0.05) is 17.8 Å². The van der Waals surface area contributed by atoms with Gasteiger partial charge in [0.25, 0.3) is 0 Å². The van der Waals surface area contributed by atoms with Crippen LogP contribution in [0.2, 0.25) is 0 Å².